The third kappa shape index (κ3) is 3.88. The van der Waals surface area contributed by atoms with Crippen molar-refractivity contribution in [3.63, 3.8) is 0 Å². The van der Waals surface area contributed by atoms with Gasteiger partial charge in [0.25, 0.3) is 5.91 Å². The number of carbonyl (C=O) groups is 1. The number of carbonyl (C=O) groups excluding carboxylic acids is 1. The lowest BCUT2D eigenvalue weighted by Crippen LogP contribution is -2.24. The molecule has 0 spiro atoms. The van der Waals surface area contributed by atoms with Gasteiger partial charge in [0.05, 0.1) is 0 Å². The molecule has 2 heterocycles. The van der Waals surface area contributed by atoms with Crippen molar-refractivity contribution in [2.45, 2.75) is 13.5 Å². The van der Waals surface area contributed by atoms with Crippen LogP contribution in [-0.2, 0) is 6.54 Å². The van der Waals surface area contributed by atoms with E-state index in [-0.39, 0.29) is 11.6 Å². The highest BCUT2D eigenvalue weighted by molar-refractivity contribution is 6.31. The Bertz CT molecular complexity index is 865. The first kappa shape index (κ1) is 15.9. The molecule has 0 aliphatic heterocycles. The molecule has 0 aliphatic carbocycles. The van der Waals surface area contributed by atoms with Crippen molar-refractivity contribution in [2.24, 2.45) is 0 Å². The van der Waals surface area contributed by atoms with E-state index in [0.717, 1.165) is 5.56 Å². The molecular formula is C16H14ClN5O2. The molecule has 0 saturated heterocycles. The standard InChI is InChI=1S/C16H14ClN5O2/c1-10-6-15(22-24-10)21-14-7-13(19-9-20-14)16(23)18-8-11-4-2-3-5-12(11)17/h2-7,9H,8H2,1H3,(H,18,23)(H,19,20,21,22). The maximum atomic E-state index is 12.2. The maximum absolute atomic E-state index is 12.2. The van der Waals surface area contributed by atoms with E-state index in [1.54, 1.807) is 19.1 Å². The molecule has 8 heteroatoms. The first-order valence-electron chi connectivity index (χ1n) is 7.16. The van der Waals surface area contributed by atoms with E-state index in [4.69, 9.17) is 16.1 Å². The van der Waals surface area contributed by atoms with Crippen LogP contribution in [0.2, 0.25) is 5.02 Å². The number of amides is 1. The minimum absolute atomic E-state index is 0.236. The Balaban J connectivity index is 1.67. The number of nitrogens with zero attached hydrogens (tertiary/aromatic N) is 3. The lowest BCUT2D eigenvalue weighted by Gasteiger charge is -2.07. The number of benzene rings is 1. The van der Waals surface area contributed by atoms with Crippen molar-refractivity contribution < 1.29 is 9.32 Å². The van der Waals surface area contributed by atoms with Gasteiger partial charge in [-0.2, -0.15) is 0 Å². The van der Waals surface area contributed by atoms with Gasteiger partial charge >= 0.3 is 0 Å². The maximum Gasteiger partial charge on any atom is 0.270 e. The average Bonchev–Trinajstić information content (AvgIpc) is 2.99. The van der Waals surface area contributed by atoms with Crippen molar-refractivity contribution in [1.82, 2.24) is 20.4 Å². The minimum Gasteiger partial charge on any atom is -0.360 e. The summed E-state index contributed by atoms with van der Waals surface area (Å²) in [6.45, 7) is 2.10. The van der Waals surface area contributed by atoms with Crippen LogP contribution >= 0.6 is 11.6 Å². The Kier molecular flexibility index (Phi) is 4.72. The predicted octanol–water partition coefficient (Wildman–Crippen LogP) is 3.10. The predicted molar refractivity (Wildman–Crippen MR) is 89.2 cm³/mol. The molecule has 0 bridgehead atoms. The van der Waals surface area contributed by atoms with Gasteiger partial charge in [-0.25, -0.2) is 9.97 Å². The van der Waals surface area contributed by atoms with Crippen LogP contribution < -0.4 is 10.6 Å². The van der Waals surface area contributed by atoms with Crippen LogP contribution in [-0.4, -0.2) is 21.0 Å². The summed E-state index contributed by atoms with van der Waals surface area (Å²) in [4.78, 5) is 20.3. The number of hydrogen-bond donors (Lipinski definition) is 2. The van der Waals surface area contributed by atoms with Gasteiger partial charge in [-0.15, -0.1) is 0 Å². The molecule has 1 aromatic carbocycles. The number of anilines is 2. The zero-order valence-corrected chi connectivity index (χ0v) is 13.5. The molecule has 3 aromatic rings. The molecule has 24 heavy (non-hydrogen) atoms. The van der Waals surface area contributed by atoms with E-state index in [1.165, 1.54) is 12.4 Å². The number of halogens is 1. The van der Waals surface area contributed by atoms with Gasteiger partial charge in [-0.05, 0) is 18.6 Å². The first-order valence-corrected chi connectivity index (χ1v) is 7.53. The molecule has 122 valence electrons. The number of nitrogens with one attached hydrogen (secondary N) is 2. The summed E-state index contributed by atoms with van der Waals surface area (Å²) < 4.78 is 4.97. The second-order valence-electron chi connectivity index (χ2n) is 5.01. The largest absolute Gasteiger partial charge is 0.360 e. The Morgan fingerprint density at radius 2 is 2.04 bits per heavy atom. The summed E-state index contributed by atoms with van der Waals surface area (Å²) in [6.07, 6.45) is 1.31. The van der Waals surface area contributed by atoms with Crippen molar-refractivity contribution in [2.75, 3.05) is 5.32 Å². The number of aromatic nitrogens is 3. The molecule has 2 aromatic heterocycles. The highest BCUT2D eigenvalue weighted by Crippen LogP contribution is 2.16. The molecule has 0 radical (unpaired) electrons. The normalized spacial score (nSPS) is 10.4. The molecule has 0 fully saturated rings. The SMILES string of the molecule is Cc1cc(Nc2cc(C(=O)NCc3ccccc3Cl)ncn2)no1. The van der Waals surface area contributed by atoms with Crippen LogP contribution in [0.5, 0.6) is 0 Å². The summed E-state index contributed by atoms with van der Waals surface area (Å²) >= 11 is 6.07. The fourth-order valence-electron chi connectivity index (χ4n) is 2.01. The Morgan fingerprint density at radius 1 is 1.21 bits per heavy atom. The van der Waals surface area contributed by atoms with E-state index in [9.17, 15) is 4.79 Å². The molecule has 7 nitrogen and oxygen atoms in total. The monoisotopic (exact) mass is 343 g/mol. The second-order valence-corrected chi connectivity index (χ2v) is 5.42. The molecule has 1 amide bonds. The topological polar surface area (TPSA) is 92.9 Å². The zero-order valence-electron chi connectivity index (χ0n) is 12.8. The van der Waals surface area contributed by atoms with E-state index < -0.39 is 0 Å². The Morgan fingerprint density at radius 3 is 2.79 bits per heavy atom. The van der Waals surface area contributed by atoms with Crippen molar-refractivity contribution in [3.05, 3.63) is 64.8 Å². The first-order chi connectivity index (χ1) is 11.6. The van der Waals surface area contributed by atoms with Gasteiger partial charge in [-0.3, -0.25) is 4.79 Å². The highest BCUT2D eigenvalue weighted by atomic mass is 35.5. The van der Waals surface area contributed by atoms with Crippen LogP contribution in [0.4, 0.5) is 11.6 Å². The van der Waals surface area contributed by atoms with Crippen LogP contribution in [0.15, 0.2) is 47.2 Å². The molecule has 0 aliphatic rings. The fourth-order valence-corrected chi connectivity index (χ4v) is 2.22. The highest BCUT2D eigenvalue weighted by Gasteiger charge is 2.10. The molecule has 0 atom stereocenters. The summed E-state index contributed by atoms with van der Waals surface area (Å²) in [7, 11) is 0. The van der Waals surface area contributed by atoms with Crippen LogP contribution in [0, 0.1) is 6.92 Å². The molecule has 3 rings (SSSR count). The summed E-state index contributed by atoms with van der Waals surface area (Å²) in [5.41, 5.74) is 1.07. The molecule has 2 N–H and O–H groups in total. The van der Waals surface area contributed by atoms with Crippen molar-refractivity contribution in [1.29, 1.82) is 0 Å². The quantitative estimate of drug-likeness (QED) is 0.739. The van der Waals surface area contributed by atoms with Crippen LogP contribution in [0.3, 0.4) is 0 Å². The third-order valence-corrected chi connectivity index (χ3v) is 3.55. The van der Waals surface area contributed by atoms with Crippen molar-refractivity contribution in [3.8, 4) is 0 Å². The Hall–Kier alpha value is -2.93. The summed E-state index contributed by atoms with van der Waals surface area (Å²) in [5.74, 6) is 1.30. The van der Waals surface area contributed by atoms with E-state index >= 15 is 0 Å². The van der Waals surface area contributed by atoms with Crippen LogP contribution in [0.1, 0.15) is 21.8 Å². The number of rotatable bonds is 5. The molecule has 0 unspecified atom stereocenters. The lowest BCUT2D eigenvalue weighted by molar-refractivity contribution is 0.0946. The number of hydrogen-bond acceptors (Lipinski definition) is 6. The van der Waals surface area contributed by atoms with Gasteiger partial charge in [0, 0.05) is 23.7 Å². The van der Waals surface area contributed by atoms with E-state index in [0.29, 0.717) is 29.0 Å². The fraction of sp³-hybridized carbons (Fsp3) is 0.125. The second kappa shape index (κ2) is 7.10. The number of aryl methyl sites for hydroxylation is 1. The third-order valence-electron chi connectivity index (χ3n) is 3.18. The lowest BCUT2D eigenvalue weighted by atomic mass is 10.2. The minimum atomic E-state index is -0.322. The summed E-state index contributed by atoms with van der Waals surface area (Å²) in [5, 5.41) is 10.1. The summed E-state index contributed by atoms with van der Waals surface area (Å²) in [6, 6.07) is 10.6. The van der Waals surface area contributed by atoms with Gasteiger partial charge < -0.3 is 15.2 Å². The van der Waals surface area contributed by atoms with Crippen molar-refractivity contribution >= 4 is 29.1 Å². The smallest absolute Gasteiger partial charge is 0.270 e. The van der Waals surface area contributed by atoms with Crippen LogP contribution in [0.25, 0.3) is 0 Å². The van der Waals surface area contributed by atoms with Gasteiger partial charge in [0.15, 0.2) is 5.82 Å². The van der Waals surface area contributed by atoms with Gasteiger partial charge in [-0.1, -0.05) is 35.0 Å². The van der Waals surface area contributed by atoms with E-state index in [2.05, 4.69) is 25.8 Å². The molecule has 0 saturated carbocycles. The zero-order chi connectivity index (χ0) is 16.9. The van der Waals surface area contributed by atoms with Gasteiger partial charge in [0.2, 0.25) is 0 Å². The molecular weight excluding hydrogens is 330 g/mol. The van der Waals surface area contributed by atoms with E-state index in [1.807, 2.05) is 18.2 Å². The van der Waals surface area contributed by atoms with Gasteiger partial charge in [0.1, 0.15) is 23.6 Å². The average molecular weight is 344 g/mol. The Labute approximate surface area is 143 Å².